The molecule has 5 nitrogen and oxygen atoms in total. The van der Waals surface area contributed by atoms with Gasteiger partial charge in [-0.25, -0.2) is 15.0 Å². The van der Waals surface area contributed by atoms with Crippen molar-refractivity contribution in [3.63, 3.8) is 0 Å². The van der Waals surface area contributed by atoms with E-state index in [4.69, 9.17) is 23.8 Å². The summed E-state index contributed by atoms with van der Waals surface area (Å²) in [6.45, 7) is 29.3. The predicted octanol–water partition coefficient (Wildman–Crippen LogP) is 11.8. The van der Waals surface area contributed by atoms with Crippen molar-refractivity contribution in [2.45, 2.75) is 137 Å². The predicted molar refractivity (Wildman–Crippen MR) is 186 cm³/mol. The molecule has 5 rings (SSSR count). The lowest BCUT2D eigenvalue weighted by Crippen LogP contribution is -2.20. The third-order valence-electron chi connectivity index (χ3n) is 10.7. The van der Waals surface area contributed by atoms with Gasteiger partial charge in [0.25, 0.3) is 5.89 Å². The van der Waals surface area contributed by atoms with Gasteiger partial charge in [0, 0.05) is 11.1 Å². The first-order valence-electron chi connectivity index (χ1n) is 16.4. The fourth-order valence-electron chi connectivity index (χ4n) is 5.52. The number of oxazole rings is 2. The molecule has 0 spiro atoms. The molecule has 0 saturated heterocycles. The molecule has 0 N–H and O–H groups in total. The van der Waals surface area contributed by atoms with Gasteiger partial charge in [0.1, 0.15) is 15.9 Å². The minimum absolute atomic E-state index is 0.0428. The number of aryl methyl sites for hydroxylation is 1. The Morgan fingerprint density at radius 1 is 0.568 bits per heavy atom. The lowest BCUT2D eigenvalue weighted by molar-refractivity contribution is 0.484. The van der Waals surface area contributed by atoms with Crippen LogP contribution < -0.4 is 0 Å². The molecule has 0 saturated carbocycles. The molecule has 3 aromatic heterocycles. The normalized spacial score (nSPS) is 13.5. The Balaban J connectivity index is 1.66. The van der Waals surface area contributed by atoms with Crippen molar-refractivity contribution in [1.29, 1.82) is 0 Å². The van der Waals surface area contributed by atoms with Gasteiger partial charge in [0.05, 0.1) is 5.69 Å². The topological polar surface area (TPSA) is 65.0 Å². The summed E-state index contributed by atoms with van der Waals surface area (Å²) in [5, 5.41) is 0.745. The van der Waals surface area contributed by atoms with Crippen LogP contribution in [0.1, 0.15) is 137 Å². The van der Waals surface area contributed by atoms with Gasteiger partial charge in [0.15, 0.2) is 16.2 Å². The maximum Gasteiger partial charge on any atom is 0.256 e. The van der Waals surface area contributed by atoms with Crippen molar-refractivity contribution in [2.24, 2.45) is 0 Å². The smallest absolute Gasteiger partial charge is 0.256 e. The van der Waals surface area contributed by atoms with Crippen LogP contribution in [0.3, 0.4) is 0 Å². The Hall–Kier alpha value is -2.99. The Morgan fingerprint density at radius 2 is 0.977 bits per heavy atom. The zero-order chi connectivity index (χ0) is 32.4. The quantitative estimate of drug-likeness (QED) is 0.157. The summed E-state index contributed by atoms with van der Waals surface area (Å²) in [4.78, 5) is 16.0. The summed E-state index contributed by atoms with van der Waals surface area (Å²) >= 11 is 1.54. The first-order chi connectivity index (χ1) is 20.5. The lowest BCUT2D eigenvalue weighted by atomic mass is 9.76. The average molecular weight is 614 g/mol. The number of nitrogens with zero attached hydrogens (tertiary/aromatic N) is 3. The van der Waals surface area contributed by atoms with E-state index in [2.05, 4.69) is 107 Å². The van der Waals surface area contributed by atoms with Crippen LogP contribution in [0, 0.1) is 6.92 Å². The number of rotatable bonds is 10. The summed E-state index contributed by atoms with van der Waals surface area (Å²) in [6, 6.07) is 9.10. The van der Waals surface area contributed by atoms with Crippen LogP contribution in [0.2, 0.25) is 0 Å². The largest absolute Gasteiger partial charge is 0.435 e. The van der Waals surface area contributed by atoms with Crippen LogP contribution in [0.5, 0.6) is 0 Å². The maximum absolute atomic E-state index is 6.62. The summed E-state index contributed by atoms with van der Waals surface area (Å²) in [7, 11) is 0. The molecule has 236 valence electrons. The molecule has 5 aromatic rings. The number of hydrogen-bond acceptors (Lipinski definition) is 6. The standard InChI is InChI=1S/C38H51N3O2S/c1-14-35(6,7)23-18-25(37(10,11)16-3)29-27(20-23)40-32(42-29)31-22(5)39-34(44-31)33-41-28-21-24(36(8,9)15-2)19-26(30(28)43-33)38(12,13)17-4/h18-21H,14-17H2,1-13H3. The van der Waals surface area contributed by atoms with Gasteiger partial charge in [-0.2, -0.15) is 0 Å². The highest BCUT2D eigenvalue weighted by atomic mass is 32.1. The fraction of sp³-hybridized carbons (Fsp3) is 0.553. The first-order valence-corrected chi connectivity index (χ1v) is 17.2. The molecule has 44 heavy (non-hydrogen) atoms. The van der Waals surface area contributed by atoms with Crippen molar-refractivity contribution < 1.29 is 8.83 Å². The highest BCUT2D eigenvalue weighted by Gasteiger charge is 2.31. The monoisotopic (exact) mass is 613 g/mol. The van der Waals surface area contributed by atoms with E-state index in [0.29, 0.717) is 11.8 Å². The van der Waals surface area contributed by atoms with Gasteiger partial charge >= 0.3 is 0 Å². The van der Waals surface area contributed by atoms with Crippen molar-refractivity contribution in [2.75, 3.05) is 0 Å². The second kappa shape index (κ2) is 11.1. The molecule has 0 atom stereocenters. The van der Waals surface area contributed by atoms with E-state index < -0.39 is 0 Å². The van der Waals surface area contributed by atoms with Crippen molar-refractivity contribution in [3.05, 3.63) is 52.2 Å². The SMILES string of the molecule is CCC(C)(C)c1cc(C(C)(C)CC)c2oc(-c3nc(C)c(-c4nc5cc(C(C)(C)CC)cc(C(C)(C)CC)c5o4)s3)nc2c1. The summed E-state index contributed by atoms with van der Waals surface area (Å²) in [5.41, 5.74) is 9.40. The number of thiazole rings is 1. The number of fused-ring (bicyclic) bond motifs is 2. The Morgan fingerprint density at radius 3 is 1.41 bits per heavy atom. The number of benzene rings is 2. The minimum Gasteiger partial charge on any atom is -0.435 e. The van der Waals surface area contributed by atoms with E-state index in [-0.39, 0.29) is 21.7 Å². The second-order valence-corrected chi connectivity index (χ2v) is 16.2. The fourth-order valence-corrected chi connectivity index (χ4v) is 6.43. The molecule has 0 aliphatic rings. The second-order valence-electron chi connectivity index (χ2n) is 15.2. The molecule has 0 amide bonds. The lowest BCUT2D eigenvalue weighted by Gasteiger charge is -2.28. The molecule has 3 heterocycles. The van der Waals surface area contributed by atoms with E-state index in [1.807, 2.05) is 6.92 Å². The van der Waals surface area contributed by atoms with Crippen LogP contribution in [0.25, 0.3) is 43.9 Å². The van der Waals surface area contributed by atoms with E-state index >= 15 is 0 Å². The number of aromatic nitrogens is 3. The van der Waals surface area contributed by atoms with Gasteiger partial charge in [-0.1, -0.05) is 95.2 Å². The minimum atomic E-state index is -0.0494. The summed E-state index contributed by atoms with van der Waals surface area (Å²) in [5.74, 6) is 1.16. The zero-order valence-corrected chi connectivity index (χ0v) is 30.0. The molecule has 0 bridgehead atoms. The third kappa shape index (κ3) is 5.52. The highest BCUT2D eigenvalue weighted by molar-refractivity contribution is 7.18. The van der Waals surface area contributed by atoms with Gasteiger partial charge in [-0.15, -0.1) is 11.3 Å². The molecule has 6 heteroatoms. The van der Waals surface area contributed by atoms with Crippen LogP contribution in [-0.4, -0.2) is 15.0 Å². The van der Waals surface area contributed by atoms with Gasteiger partial charge in [0.2, 0.25) is 5.89 Å². The zero-order valence-electron chi connectivity index (χ0n) is 29.2. The van der Waals surface area contributed by atoms with Crippen molar-refractivity contribution in [3.8, 4) is 21.7 Å². The van der Waals surface area contributed by atoms with Gasteiger partial charge < -0.3 is 8.83 Å². The molecule has 0 fully saturated rings. The summed E-state index contributed by atoms with van der Waals surface area (Å²) in [6.07, 6.45) is 4.10. The van der Waals surface area contributed by atoms with E-state index in [9.17, 15) is 0 Å². The first kappa shape index (κ1) is 32.4. The van der Waals surface area contributed by atoms with Crippen LogP contribution in [0.15, 0.2) is 33.1 Å². The molecular weight excluding hydrogens is 563 g/mol. The van der Waals surface area contributed by atoms with Crippen LogP contribution in [-0.2, 0) is 21.7 Å². The van der Waals surface area contributed by atoms with Crippen LogP contribution in [0.4, 0.5) is 0 Å². The van der Waals surface area contributed by atoms with Crippen molar-refractivity contribution >= 4 is 33.5 Å². The van der Waals surface area contributed by atoms with Gasteiger partial charge in [-0.05, 0) is 77.5 Å². The van der Waals surface area contributed by atoms with Crippen molar-refractivity contribution in [1.82, 2.24) is 15.0 Å². The number of hydrogen-bond donors (Lipinski definition) is 0. The molecule has 0 radical (unpaired) electrons. The van der Waals surface area contributed by atoms with Crippen LogP contribution >= 0.6 is 11.3 Å². The van der Waals surface area contributed by atoms with E-state index in [1.165, 1.54) is 33.6 Å². The average Bonchev–Trinajstić information content (AvgIpc) is 3.71. The van der Waals surface area contributed by atoms with E-state index in [0.717, 1.165) is 63.5 Å². The molecule has 0 unspecified atom stereocenters. The molecule has 0 aliphatic carbocycles. The maximum atomic E-state index is 6.62. The molecule has 2 aromatic carbocycles. The highest BCUT2D eigenvalue weighted by Crippen LogP contribution is 2.44. The van der Waals surface area contributed by atoms with E-state index in [1.54, 1.807) is 0 Å². The Kier molecular flexibility index (Phi) is 8.19. The third-order valence-corrected chi connectivity index (χ3v) is 11.8. The molecule has 0 aliphatic heterocycles. The Labute approximate surface area is 267 Å². The van der Waals surface area contributed by atoms with Gasteiger partial charge in [-0.3, -0.25) is 0 Å². The molecular formula is C38H51N3O2S. The summed E-state index contributed by atoms with van der Waals surface area (Å²) < 4.78 is 13.2. The Bertz CT molecular complexity index is 1830.